The highest BCUT2D eigenvalue weighted by Gasteiger charge is 2.52. The van der Waals surface area contributed by atoms with Crippen LogP contribution >= 0.6 is 22.6 Å². The number of benzene rings is 1. The molecule has 0 aromatic heterocycles. The van der Waals surface area contributed by atoms with Gasteiger partial charge in [-0.25, -0.2) is 0 Å². The van der Waals surface area contributed by atoms with Crippen LogP contribution in [0.1, 0.15) is 12.5 Å². The molecule has 1 aromatic rings. The van der Waals surface area contributed by atoms with Gasteiger partial charge < -0.3 is 14.2 Å². The second-order valence-electron chi connectivity index (χ2n) is 4.71. The fourth-order valence-electron chi connectivity index (χ4n) is 2.00. The van der Waals surface area contributed by atoms with Crippen LogP contribution in [-0.4, -0.2) is 19.8 Å². The van der Waals surface area contributed by atoms with Crippen molar-refractivity contribution in [2.75, 3.05) is 19.8 Å². The maximum absolute atomic E-state index is 5.79. The number of hydrogen-bond acceptors (Lipinski definition) is 3. The van der Waals surface area contributed by atoms with Crippen molar-refractivity contribution in [2.24, 2.45) is 5.41 Å². The summed E-state index contributed by atoms with van der Waals surface area (Å²) in [7, 11) is 0. The molecule has 2 bridgehead atoms. The van der Waals surface area contributed by atoms with E-state index >= 15 is 0 Å². The van der Waals surface area contributed by atoms with Crippen molar-refractivity contribution in [1.82, 2.24) is 0 Å². The van der Waals surface area contributed by atoms with E-state index in [0.29, 0.717) is 19.8 Å². The van der Waals surface area contributed by atoms with Crippen LogP contribution in [0.5, 0.6) is 0 Å². The Hall–Kier alpha value is -0.170. The first-order valence-electron chi connectivity index (χ1n) is 5.31. The molecule has 0 N–H and O–H groups in total. The van der Waals surface area contributed by atoms with Crippen LogP contribution in [0, 0.1) is 8.99 Å². The largest absolute Gasteiger partial charge is 0.323 e. The molecule has 0 saturated carbocycles. The fourth-order valence-corrected chi connectivity index (χ4v) is 2.72. The van der Waals surface area contributed by atoms with Gasteiger partial charge in [-0.3, -0.25) is 0 Å². The lowest BCUT2D eigenvalue weighted by Crippen LogP contribution is -2.57. The second kappa shape index (κ2) is 3.66. The summed E-state index contributed by atoms with van der Waals surface area (Å²) < 4.78 is 18.5. The van der Waals surface area contributed by atoms with Gasteiger partial charge in [0.05, 0.1) is 25.4 Å². The van der Waals surface area contributed by atoms with Crippen molar-refractivity contribution in [3.05, 3.63) is 33.4 Å². The summed E-state index contributed by atoms with van der Waals surface area (Å²) in [4.78, 5) is 0. The minimum absolute atomic E-state index is 0.0158. The van der Waals surface area contributed by atoms with Gasteiger partial charge in [0.15, 0.2) is 0 Å². The third kappa shape index (κ3) is 1.59. The van der Waals surface area contributed by atoms with Crippen molar-refractivity contribution in [3.63, 3.8) is 0 Å². The molecule has 3 aliphatic heterocycles. The summed E-state index contributed by atoms with van der Waals surface area (Å²) in [5.74, 6) is -0.963. The molecule has 3 fully saturated rings. The van der Waals surface area contributed by atoms with Crippen LogP contribution in [0.25, 0.3) is 0 Å². The minimum Gasteiger partial charge on any atom is -0.323 e. The first kappa shape index (κ1) is 11.0. The molecule has 0 spiro atoms. The Morgan fingerprint density at radius 1 is 1.06 bits per heavy atom. The predicted octanol–water partition coefficient (Wildman–Crippen LogP) is 2.48. The second-order valence-corrected chi connectivity index (χ2v) is 5.87. The van der Waals surface area contributed by atoms with Gasteiger partial charge in [-0.15, -0.1) is 0 Å². The predicted molar refractivity (Wildman–Crippen MR) is 66.8 cm³/mol. The minimum atomic E-state index is -0.963. The Bertz CT molecular complexity index is 394. The van der Waals surface area contributed by atoms with Gasteiger partial charge >= 0.3 is 5.97 Å². The molecule has 0 unspecified atom stereocenters. The van der Waals surface area contributed by atoms with E-state index in [1.54, 1.807) is 0 Å². The summed E-state index contributed by atoms with van der Waals surface area (Å²) >= 11 is 2.28. The number of ether oxygens (including phenoxy) is 3. The molecule has 1 aromatic carbocycles. The summed E-state index contributed by atoms with van der Waals surface area (Å²) in [5.41, 5.74) is 0.986. The SMILES string of the molecule is CC12COC(c3ccccc3I)(OC1)OC2. The number of fused-ring (bicyclic) bond motifs is 3. The molecule has 0 aliphatic carbocycles. The van der Waals surface area contributed by atoms with Crippen LogP contribution in [0.3, 0.4) is 0 Å². The van der Waals surface area contributed by atoms with Crippen LogP contribution in [0.2, 0.25) is 0 Å². The lowest BCUT2D eigenvalue weighted by molar-refractivity contribution is -0.477. The van der Waals surface area contributed by atoms with Crippen molar-refractivity contribution >= 4 is 22.6 Å². The highest BCUT2D eigenvalue weighted by molar-refractivity contribution is 14.1. The van der Waals surface area contributed by atoms with Crippen LogP contribution in [-0.2, 0) is 20.2 Å². The van der Waals surface area contributed by atoms with E-state index in [-0.39, 0.29) is 5.41 Å². The fraction of sp³-hybridized carbons (Fsp3) is 0.500. The van der Waals surface area contributed by atoms with E-state index in [1.165, 1.54) is 0 Å². The topological polar surface area (TPSA) is 27.7 Å². The van der Waals surface area contributed by atoms with E-state index < -0.39 is 5.97 Å². The van der Waals surface area contributed by atoms with E-state index in [2.05, 4.69) is 29.5 Å². The van der Waals surface area contributed by atoms with E-state index in [9.17, 15) is 0 Å². The molecule has 4 heteroatoms. The number of hydrogen-bond donors (Lipinski definition) is 0. The zero-order valence-electron chi connectivity index (χ0n) is 9.03. The third-order valence-electron chi connectivity index (χ3n) is 3.04. The Morgan fingerprint density at radius 2 is 1.62 bits per heavy atom. The van der Waals surface area contributed by atoms with Crippen molar-refractivity contribution in [1.29, 1.82) is 0 Å². The van der Waals surface area contributed by atoms with Crippen molar-refractivity contribution in [3.8, 4) is 0 Å². The first-order valence-corrected chi connectivity index (χ1v) is 6.38. The van der Waals surface area contributed by atoms with E-state index in [1.807, 2.05) is 24.3 Å². The molecule has 3 aliphatic rings. The molecular weight excluding hydrogens is 319 g/mol. The Morgan fingerprint density at radius 3 is 2.19 bits per heavy atom. The average molecular weight is 332 g/mol. The zero-order valence-corrected chi connectivity index (χ0v) is 11.2. The molecule has 3 saturated heterocycles. The van der Waals surface area contributed by atoms with Crippen LogP contribution in [0.4, 0.5) is 0 Å². The standard InChI is InChI=1S/C12H13IO3/c1-11-6-14-12(15-7-11,16-8-11)9-4-2-3-5-10(9)13/h2-5H,6-8H2,1H3. The first-order chi connectivity index (χ1) is 7.64. The quantitative estimate of drug-likeness (QED) is 0.740. The smallest absolute Gasteiger partial charge is 0.313 e. The Balaban J connectivity index is 1.99. The number of rotatable bonds is 1. The Kier molecular flexibility index (Phi) is 2.51. The van der Waals surface area contributed by atoms with Gasteiger partial charge in [-0.05, 0) is 34.7 Å². The maximum Gasteiger partial charge on any atom is 0.313 e. The molecule has 0 atom stereocenters. The summed E-state index contributed by atoms with van der Waals surface area (Å²) in [5, 5.41) is 0. The lowest BCUT2D eigenvalue weighted by Gasteiger charge is -2.50. The van der Waals surface area contributed by atoms with Crippen LogP contribution < -0.4 is 0 Å². The van der Waals surface area contributed by atoms with Crippen molar-refractivity contribution < 1.29 is 14.2 Å². The van der Waals surface area contributed by atoms with Crippen molar-refractivity contribution in [2.45, 2.75) is 12.9 Å². The summed E-state index contributed by atoms with van der Waals surface area (Å²) in [6.45, 7) is 4.19. The lowest BCUT2D eigenvalue weighted by atomic mass is 9.91. The molecular formula is C12H13IO3. The highest BCUT2D eigenvalue weighted by Crippen LogP contribution is 2.44. The van der Waals surface area contributed by atoms with Crippen LogP contribution in [0.15, 0.2) is 24.3 Å². The molecule has 3 nitrogen and oxygen atoms in total. The van der Waals surface area contributed by atoms with Gasteiger partial charge in [0.1, 0.15) is 0 Å². The normalized spacial score (nSPS) is 37.6. The van der Waals surface area contributed by atoms with E-state index in [4.69, 9.17) is 14.2 Å². The molecule has 0 radical (unpaired) electrons. The van der Waals surface area contributed by atoms with Gasteiger partial charge in [0.25, 0.3) is 0 Å². The molecule has 16 heavy (non-hydrogen) atoms. The van der Waals surface area contributed by atoms with Gasteiger partial charge in [-0.1, -0.05) is 19.1 Å². The molecule has 0 amide bonds. The van der Waals surface area contributed by atoms with E-state index in [0.717, 1.165) is 9.13 Å². The highest BCUT2D eigenvalue weighted by atomic mass is 127. The monoisotopic (exact) mass is 332 g/mol. The van der Waals surface area contributed by atoms with Gasteiger partial charge in [-0.2, -0.15) is 0 Å². The van der Waals surface area contributed by atoms with Gasteiger partial charge in [0.2, 0.25) is 0 Å². The number of halogens is 1. The summed E-state index contributed by atoms with van der Waals surface area (Å²) in [6, 6.07) is 8.00. The zero-order chi connectivity index (χ0) is 11.2. The molecule has 4 rings (SSSR count). The maximum atomic E-state index is 5.79. The third-order valence-corrected chi connectivity index (χ3v) is 3.98. The summed E-state index contributed by atoms with van der Waals surface area (Å²) in [6.07, 6.45) is 0. The Labute approximate surface area is 108 Å². The molecule has 86 valence electrons. The van der Waals surface area contributed by atoms with Gasteiger partial charge in [0, 0.05) is 8.99 Å². The molecule has 3 heterocycles. The average Bonchev–Trinajstić information content (AvgIpc) is 2.31.